The SMILES string of the molecule is NC1CCCC1C(=O)N1CC[C@H](N)C1. The largest absolute Gasteiger partial charge is 0.341 e. The lowest BCUT2D eigenvalue weighted by atomic mass is 10.0. The van der Waals surface area contributed by atoms with Gasteiger partial charge in [-0.1, -0.05) is 6.42 Å². The van der Waals surface area contributed by atoms with Crippen molar-refractivity contribution >= 4 is 5.91 Å². The molecule has 0 bridgehead atoms. The van der Waals surface area contributed by atoms with Crippen LogP contribution >= 0.6 is 0 Å². The number of nitrogens with two attached hydrogens (primary N) is 2. The van der Waals surface area contributed by atoms with Gasteiger partial charge in [-0.25, -0.2) is 0 Å². The van der Waals surface area contributed by atoms with Crippen LogP contribution in [-0.2, 0) is 4.79 Å². The van der Waals surface area contributed by atoms with Crippen molar-refractivity contribution in [3.05, 3.63) is 0 Å². The van der Waals surface area contributed by atoms with Crippen molar-refractivity contribution in [2.24, 2.45) is 17.4 Å². The van der Waals surface area contributed by atoms with Crippen LogP contribution in [0.4, 0.5) is 0 Å². The van der Waals surface area contributed by atoms with Crippen LogP contribution in [0.15, 0.2) is 0 Å². The zero-order valence-corrected chi connectivity index (χ0v) is 8.48. The van der Waals surface area contributed by atoms with Gasteiger partial charge in [-0.3, -0.25) is 4.79 Å². The summed E-state index contributed by atoms with van der Waals surface area (Å²) in [6, 6.07) is 0.260. The zero-order chi connectivity index (χ0) is 10.1. The summed E-state index contributed by atoms with van der Waals surface area (Å²) < 4.78 is 0. The van der Waals surface area contributed by atoms with Crippen LogP contribution in [0.25, 0.3) is 0 Å². The Morgan fingerprint density at radius 3 is 2.50 bits per heavy atom. The number of hydrogen-bond acceptors (Lipinski definition) is 3. The molecule has 2 aliphatic rings. The lowest BCUT2D eigenvalue weighted by Crippen LogP contribution is -2.41. The van der Waals surface area contributed by atoms with E-state index in [9.17, 15) is 4.79 Å². The van der Waals surface area contributed by atoms with Crippen LogP contribution < -0.4 is 11.5 Å². The van der Waals surface area contributed by atoms with E-state index in [1.54, 1.807) is 0 Å². The molecule has 4 heteroatoms. The van der Waals surface area contributed by atoms with E-state index < -0.39 is 0 Å². The van der Waals surface area contributed by atoms with Crippen LogP contribution in [0.2, 0.25) is 0 Å². The maximum absolute atomic E-state index is 12.0. The number of likely N-dealkylation sites (tertiary alicyclic amines) is 1. The number of hydrogen-bond donors (Lipinski definition) is 2. The average molecular weight is 197 g/mol. The van der Waals surface area contributed by atoms with Gasteiger partial charge in [0.1, 0.15) is 0 Å². The summed E-state index contributed by atoms with van der Waals surface area (Å²) in [7, 11) is 0. The van der Waals surface area contributed by atoms with Crippen molar-refractivity contribution in [1.29, 1.82) is 0 Å². The summed E-state index contributed by atoms with van der Waals surface area (Å²) in [5.74, 6) is 0.309. The van der Waals surface area contributed by atoms with Gasteiger partial charge in [-0.2, -0.15) is 0 Å². The summed E-state index contributed by atoms with van der Waals surface area (Å²) in [6.45, 7) is 1.55. The molecule has 0 aromatic carbocycles. The van der Waals surface area contributed by atoms with Crippen molar-refractivity contribution in [1.82, 2.24) is 4.90 Å². The molecule has 2 fully saturated rings. The smallest absolute Gasteiger partial charge is 0.227 e. The van der Waals surface area contributed by atoms with E-state index >= 15 is 0 Å². The second-order valence-corrected chi connectivity index (χ2v) is 4.53. The third-order valence-corrected chi connectivity index (χ3v) is 3.42. The second kappa shape index (κ2) is 3.87. The van der Waals surface area contributed by atoms with Gasteiger partial charge in [0.25, 0.3) is 0 Å². The highest BCUT2D eigenvalue weighted by Gasteiger charge is 2.35. The molecule has 80 valence electrons. The third-order valence-electron chi connectivity index (χ3n) is 3.42. The molecule has 0 aromatic rings. The number of carbonyl (C=O) groups excluding carboxylic acids is 1. The summed E-state index contributed by atoms with van der Waals surface area (Å²) >= 11 is 0. The van der Waals surface area contributed by atoms with Gasteiger partial charge in [0, 0.05) is 25.2 Å². The first-order valence-electron chi connectivity index (χ1n) is 5.48. The fourth-order valence-electron chi connectivity index (χ4n) is 2.52. The van der Waals surface area contributed by atoms with E-state index in [2.05, 4.69) is 0 Å². The highest BCUT2D eigenvalue weighted by atomic mass is 16.2. The molecule has 1 heterocycles. The Bertz CT molecular complexity index is 231. The molecule has 0 spiro atoms. The summed E-state index contributed by atoms with van der Waals surface area (Å²) in [5.41, 5.74) is 11.7. The first kappa shape index (κ1) is 9.93. The molecular formula is C10H19N3O. The fraction of sp³-hybridized carbons (Fsp3) is 0.900. The zero-order valence-electron chi connectivity index (χ0n) is 8.48. The van der Waals surface area contributed by atoms with Crippen molar-refractivity contribution in [2.45, 2.75) is 37.8 Å². The number of carbonyl (C=O) groups is 1. The van der Waals surface area contributed by atoms with E-state index in [0.717, 1.165) is 38.8 Å². The van der Waals surface area contributed by atoms with Crippen LogP contribution in [0.5, 0.6) is 0 Å². The van der Waals surface area contributed by atoms with Gasteiger partial charge in [0.05, 0.1) is 5.92 Å². The Hall–Kier alpha value is -0.610. The third kappa shape index (κ3) is 1.77. The molecule has 0 radical (unpaired) electrons. The van der Waals surface area contributed by atoms with Crippen molar-refractivity contribution in [2.75, 3.05) is 13.1 Å². The number of rotatable bonds is 1. The van der Waals surface area contributed by atoms with Gasteiger partial charge in [-0.15, -0.1) is 0 Å². The predicted molar refractivity (Wildman–Crippen MR) is 54.5 cm³/mol. The van der Waals surface area contributed by atoms with Gasteiger partial charge in [0.15, 0.2) is 0 Å². The monoisotopic (exact) mass is 197 g/mol. The first-order chi connectivity index (χ1) is 6.68. The highest BCUT2D eigenvalue weighted by molar-refractivity contribution is 5.80. The van der Waals surface area contributed by atoms with Crippen molar-refractivity contribution in [3.8, 4) is 0 Å². The minimum absolute atomic E-state index is 0.0697. The van der Waals surface area contributed by atoms with E-state index in [0.29, 0.717) is 0 Å². The molecule has 2 unspecified atom stereocenters. The summed E-state index contributed by atoms with van der Waals surface area (Å²) in [5, 5.41) is 0. The standard InChI is InChI=1S/C10H19N3O/c11-7-4-5-13(6-7)10(14)8-2-1-3-9(8)12/h7-9H,1-6,11-12H2/t7-,8?,9?/m0/s1. The molecule has 3 atom stereocenters. The topological polar surface area (TPSA) is 72.4 Å². The quantitative estimate of drug-likeness (QED) is 0.605. The molecule has 1 saturated carbocycles. The Kier molecular flexibility index (Phi) is 2.74. The lowest BCUT2D eigenvalue weighted by molar-refractivity contribution is -0.134. The van der Waals surface area contributed by atoms with Gasteiger partial charge < -0.3 is 16.4 Å². The van der Waals surface area contributed by atoms with E-state index in [1.807, 2.05) is 4.90 Å². The molecule has 1 amide bonds. The fourth-order valence-corrected chi connectivity index (χ4v) is 2.52. The van der Waals surface area contributed by atoms with E-state index in [-0.39, 0.29) is 23.9 Å². The molecule has 14 heavy (non-hydrogen) atoms. The number of nitrogens with zero attached hydrogens (tertiary/aromatic N) is 1. The minimum Gasteiger partial charge on any atom is -0.341 e. The van der Waals surface area contributed by atoms with Crippen LogP contribution in [0.1, 0.15) is 25.7 Å². The van der Waals surface area contributed by atoms with Gasteiger partial charge in [0.2, 0.25) is 5.91 Å². The minimum atomic E-state index is 0.0697. The van der Waals surface area contributed by atoms with E-state index in [1.165, 1.54) is 0 Å². The molecule has 1 saturated heterocycles. The lowest BCUT2D eigenvalue weighted by Gasteiger charge is -2.22. The molecule has 1 aliphatic heterocycles. The molecule has 2 rings (SSSR count). The molecule has 4 N–H and O–H groups in total. The predicted octanol–water partition coefficient (Wildman–Crippen LogP) is -0.327. The van der Waals surface area contributed by atoms with Gasteiger partial charge >= 0.3 is 0 Å². The van der Waals surface area contributed by atoms with E-state index in [4.69, 9.17) is 11.5 Å². The maximum atomic E-state index is 12.0. The number of amides is 1. The normalized spacial score (nSPS) is 37.9. The second-order valence-electron chi connectivity index (χ2n) is 4.53. The van der Waals surface area contributed by atoms with Crippen LogP contribution in [0, 0.1) is 5.92 Å². The Morgan fingerprint density at radius 2 is 2.00 bits per heavy atom. The van der Waals surface area contributed by atoms with Crippen molar-refractivity contribution < 1.29 is 4.79 Å². The summed E-state index contributed by atoms with van der Waals surface area (Å²) in [4.78, 5) is 13.9. The maximum Gasteiger partial charge on any atom is 0.227 e. The average Bonchev–Trinajstić information content (AvgIpc) is 2.73. The van der Waals surface area contributed by atoms with Crippen LogP contribution in [-0.4, -0.2) is 36.0 Å². The van der Waals surface area contributed by atoms with Gasteiger partial charge in [-0.05, 0) is 19.3 Å². The summed E-state index contributed by atoms with van der Waals surface area (Å²) in [6.07, 6.45) is 3.99. The molecule has 1 aliphatic carbocycles. The highest BCUT2D eigenvalue weighted by Crippen LogP contribution is 2.26. The molecule has 0 aromatic heterocycles. The van der Waals surface area contributed by atoms with Crippen LogP contribution in [0.3, 0.4) is 0 Å². The Balaban J connectivity index is 1.94. The Labute approximate surface area is 84.6 Å². The molecule has 4 nitrogen and oxygen atoms in total. The van der Waals surface area contributed by atoms with Crippen molar-refractivity contribution in [3.63, 3.8) is 0 Å². The first-order valence-corrected chi connectivity index (χ1v) is 5.48. The molecular weight excluding hydrogens is 178 g/mol. The Morgan fingerprint density at radius 1 is 1.21 bits per heavy atom.